The van der Waals surface area contributed by atoms with Crippen molar-refractivity contribution in [3.8, 4) is 23.0 Å². The zero-order valence-electron chi connectivity index (χ0n) is 17.6. The van der Waals surface area contributed by atoms with Crippen molar-refractivity contribution in [2.45, 2.75) is 0 Å². The smallest absolute Gasteiger partial charge is 0.343 e. The number of nitrogens with one attached hydrogen (secondary N) is 1. The Morgan fingerprint density at radius 2 is 1.47 bits per heavy atom. The number of methoxy groups -OCH3 is 2. The van der Waals surface area contributed by atoms with Crippen LogP contribution in [0.15, 0.2) is 77.9 Å². The van der Waals surface area contributed by atoms with E-state index in [-0.39, 0.29) is 6.61 Å². The normalized spacial score (nSPS) is 10.4. The average Bonchev–Trinajstić information content (AvgIpc) is 2.83. The lowest BCUT2D eigenvalue weighted by Crippen LogP contribution is -2.24. The number of hydrazone groups is 1. The molecule has 3 aromatic carbocycles. The summed E-state index contributed by atoms with van der Waals surface area (Å²) in [6, 6.07) is 20.2. The number of amides is 1. The van der Waals surface area contributed by atoms with Crippen molar-refractivity contribution in [1.29, 1.82) is 0 Å². The Bertz CT molecular complexity index is 1080. The molecule has 3 rings (SSSR count). The second-order valence-electron chi connectivity index (χ2n) is 6.45. The molecule has 32 heavy (non-hydrogen) atoms. The van der Waals surface area contributed by atoms with Crippen LogP contribution < -0.4 is 24.4 Å². The Kier molecular flexibility index (Phi) is 7.80. The van der Waals surface area contributed by atoms with E-state index in [0.29, 0.717) is 34.1 Å². The lowest BCUT2D eigenvalue weighted by Gasteiger charge is -2.06. The first-order chi connectivity index (χ1) is 15.6. The molecule has 0 radical (unpaired) electrons. The summed E-state index contributed by atoms with van der Waals surface area (Å²) in [4.78, 5) is 24.2. The van der Waals surface area contributed by atoms with Crippen LogP contribution in [0.1, 0.15) is 15.9 Å². The Morgan fingerprint density at radius 3 is 2.12 bits per heavy atom. The molecule has 0 spiro atoms. The second-order valence-corrected chi connectivity index (χ2v) is 6.45. The van der Waals surface area contributed by atoms with Gasteiger partial charge in [0.25, 0.3) is 5.91 Å². The van der Waals surface area contributed by atoms with Crippen LogP contribution >= 0.6 is 0 Å². The monoisotopic (exact) mass is 434 g/mol. The van der Waals surface area contributed by atoms with Crippen LogP contribution in [0.4, 0.5) is 0 Å². The van der Waals surface area contributed by atoms with E-state index in [1.54, 1.807) is 87.0 Å². The van der Waals surface area contributed by atoms with Crippen LogP contribution in [0.3, 0.4) is 0 Å². The molecule has 0 bridgehead atoms. The zero-order valence-corrected chi connectivity index (χ0v) is 17.6. The van der Waals surface area contributed by atoms with Crippen LogP contribution in [0, 0.1) is 0 Å². The second kappa shape index (κ2) is 11.2. The number of carbonyl (C=O) groups excluding carboxylic acids is 2. The van der Waals surface area contributed by atoms with E-state index >= 15 is 0 Å². The summed E-state index contributed by atoms with van der Waals surface area (Å²) in [5, 5.41) is 3.90. The molecule has 8 nitrogen and oxygen atoms in total. The topological polar surface area (TPSA) is 95.5 Å². The van der Waals surface area contributed by atoms with Crippen LogP contribution in [-0.2, 0) is 4.79 Å². The van der Waals surface area contributed by atoms with E-state index in [1.165, 1.54) is 6.21 Å². The molecule has 0 aliphatic carbocycles. The van der Waals surface area contributed by atoms with Crippen molar-refractivity contribution >= 4 is 18.1 Å². The van der Waals surface area contributed by atoms with E-state index in [0.717, 1.165) is 0 Å². The van der Waals surface area contributed by atoms with Gasteiger partial charge in [0.05, 0.1) is 26.0 Å². The fraction of sp³-hybridized carbons (Fsp3) is 0.125. The number of ether oxygens (including phenoxy) is 4. The van der Waals surface area contributed by atoms with Crippen LogP contribution in [-0.4, -0.2) is 38.9 Å². The van der Waals surface area contributed by atoms with E-state index in [9.17, 15) is 9.59 Å². The predicted octanol–water partition coefficient (Wildman–Crippen LogP) is 3.45. The SMILES string of the molecule is COc1ccc(OCC(=O)NN=Cc2cccc(OC(=O)c3ccc(OC)cc3)c2)cc1. The fourth-order valence-corrected chi connectivity index (χ4v) is 2.58. The van der Waals surface area contributed by atoms with Gasteiger partial charge in [-0.05, 0) is 66.2 Å². The standard InChI is InChI=1S/C24H22N2O6/c1-29-19-8-6-18(7-9-19)24(28)32-22-5-3-4-17(14-22)15-25-26-23(27)16-31-21-12-10-20(30-2)11-13-21/h3-15H,16H2,1-2H3,(H,26,27). The van der Waals surface area contributed by atoms with Gasteiger partial charge in [-0.1, -0.05) is 12.1 Å². The van der Waals surface area contributed by atoms with E-state index in [2.05, 4.69) is 10.5 Å². The van der Waals surface area contributed by atoms with Gasteiger partial charge >= 0.3 is 5.97 Å². The maximum Gasteiger partial charge on any atom is 0.343 e. The quantitative estimate of drug-likeness (QED) is 0.240. The molecule has 0 unspecified atom stereocenters. The first-order valence-corrected chi connectivity index (χ1v) is 9.62. The predicted molar refractivity (Wildman–Crippen MR) is 119 cm³/mol. The van der Waals surface area contributed by atoms with Crippen LogP contribution in [0.5, 0.6) is 23.0 Å². The molecular formula is C24H22N2O6. The van der Waals surface area contributed by atoms with E-state index in [4.69, 9.17) is 18.9 Å². The van der Waals surface area contributed by atoms with Crippen LogP contribution in [0.25, 0.3) is 0 Å². The number of rotatable bonds is 9. The molecule has 0 aliphatic heterocycles. The van der Waals surface area contributed by atoms with Crippen molar-refractivity contribution in [3.63, 3.8) is 0 Å². The van der Waals surface area contributed by atoms with E-state index in [1.807, 2.05) is 0 Å². The molecule has 3 aromatic rings. The molecule has 0 aromatic heterocycles. The number of benzene rings is 3. The van der Waals surface area contributed by atoms with Gasteiger partial charge in [-0.15, -0.1) is 0 Å². The van der Waals surface area contributed by atoms with Crippen molar-refractivity contribution in [3.05, 3.63) is 83.9 Å². The van der Waals surface area contributed by atoms with Crippen molar-refractivity contribution < 1.29 is 28.5 Å². The highest BCUT2D eigenvalue weighted by atomic mass is 16.5. The molecule has 0 atom stereocenters. The molecular weight excluding hydrogens is 412 g/mol. The van der Waals surface area contributed by atoms with Gasteiger partial charge in [0, 0.05) is 0 Å². The number of hydrogen-bond donors (Lipinski definition) is 1. The van der Waals surface area contributed by atoms with Crippen molar-refractivity contribution in [2.75, 3.05) is 20.8 Å². The first kappa shape index (κ1) is 22.4. The summed E-state index contributed by atoms with van der Waals surface area (Å²) in [6.45, 7) is -0.191. The summed E-state index contributed by atoms with van der Waals surface area (Å²) in [5.41, 5.74) is 3.42. The van der Waals surface area contributed by atoms with Gasteiger partial charge in [-0.2, -0.15) is 5.10 Å². The number of carbonyl (C=O) groups is 2. The molecule has 0 saturated heterocycles. The Balaban J connectivity index is 1.49. The van der Waals surface area contributed by atoms with Crippen molar-refractivity contribution in [1.82, 2.24) is 5.43 Å². The molecule has 0 fully saturated rings. The third-order valence-electron chi connectivity index (χ3n) is 4.23. The minimum Gasteiger partial charge on any atom is -0.497 e. The maximum absolute atomic E-state index is 12.3. The maximum atomic E-state index is 12.3. The highest BCUT2D eigenvalue weighted by Crippen LogP contribution is 2.17. The summed E-state index contributed by atoms with van der Waals surface area (Å²) in [6.07, 6.45) is 1.44. The van der Waals surface area contributed by atoms with Gasteiger partial charge in [-0.3, -0.25) is 4.79 Å². The number of nitrogens with zero attached hydrogens (tertiary/aromatic N) is 1. The van der Waals surface area contributed by atoms with Gasteiger partial charge in [0.2, 0.25) is 0 Å². The lowest BCUT2D eigenvalue weighted by molar-refractivity contribution is -0.123. The highest BCUT2D eigenvalue weighted by molar-refractivity contribution is 5.91. The third-order valence-corrected chi connectivity index (χ3v) is 4.23. The largest absolute Gasteiger partial charge is 0.497 e. The van der Waals surface area contributed by atoms with Gasteiger partial charge in [0.1, 0.15) is 23.0 Å². The Labute approximate surface area is 185 Å². The summed E-state index contributed by atoms with van der Waals surface area (Å²) in [7, 11) is 3.12. The first-order valence-electron chi connectivity index (χ1n) is 9.62. The Morgan fingerprint density at radius 1 is 0.844 bits per heavy atom. The van der Waals surface area contributed by atoms with Crippen LogP contribution in [0.2, 0.25) is 0 Å². The number of hydrogen-bond acceptors (Lipinski definition) is 7. The molecule has 0 saturated carbocycles. The molecule has 8 heteroatoms. The van der Waals surface area contributed by atoms with E-state index < -0.39 is 11.9 Å². The van der Waals surface area contributed by atoms with Gasteiger partial charge < -0.3 is 18.9 Å². The molecule has 164 valence electrons. The minimum absolute atomic E-state index is 0.191. The molecule has 0 aliphatic rings. The zero-order chi connectivity index (χ0) is 22.8. The molecule has 0 heterocycles. The summed E-state index contributed by atoms with van der Waals surface area (Å²) in [5.74, 6) is 1.32. The lowest BCUT2D eigenvalue weighted by atomic mass is 10.2. The van der Waals surface area contributed by atoms with Gasteiger partial charge in [-0.25, -0.2) is 10.2 Å². The average molecular weight is 434 g/mol. The third kappa shape index (κ3) is 6.60. The Hall–Kier alpha value is -4.33. The number of esters is 1. The van der Waals surface area contributed by atoms with Crippen molar-refractivity contribution in [2.24, 2.45) is 5.10 Å². The molecule has 1 amide bonds. The molecule has 1 N–H and O–H groups in total. The highest BCUT2D eigenvalue weighted by Gasteiger charge is 2.09. The van der Waals surface area contributed by atoms with Gasteiger partial charge in [0.15, 0.2) is 6.61 Å². The summed E-state index contributed by atoms with van der Waals surface area (Å²) >= 11 is 0. The fourth-order valence-electron chi connectivity index (χ4n) is 2.58. The minimum atomic E-state index is -0.495. The summed E-state index contributed by atoms with van der Waals surface area (Å²) < 4.78 is 20.9.